The molecule has 0 aromatic carbocycles. The number of carbonyl (C=O) groups is 1. The van der Waals surface area contributed by atoms with Gasteiger partial charge in [0.05, 0.1) is 5.75 Å². The lowest BCUT2D eigenvalue weighted by Gasteiger charge is -2.30. The fourth-order valence-corrected chi connectivity index (χ4v) is 3.60. The van der Waals surface area contributed by atoms with E-state index < -0.39 is 0 Å². The van der Waals surface area contributed by atoms with Crippen LogP contribution >= 0.6 is 11.8 Å². The number of nitrogens with zero attached hydrogens (tertiary/aromatic N) is 3. The molecule has 2 aliphatic rings. The quantitative estimate of drug-likeness (QED) is 0.849. The van der Waals surface area contributed by atoms with Crippen molar-refractivity contribution < 1.29 is 4.79 Å². The summed E-state index contributed by atoms with van der Waals surface area (Å²) < 4.78 is 1.69. The Morgan fingerprint density at radius 3 is 2.95 bits per heavy atom. The summed E-state index contributed by atoms with van der Waals surface area (Å²) in [5, 5.41) is 7.16. The maximum atomic E-state index is 12.2. The molecule has 2 heterocycles. The molecular weight excluding hydrogens is 276 g/mol. The van der Waals surface area contributed by atoms with E-state index in [4.69, 9.17) is 0 Å². The monoisotopic (exact) mass is 296 g/mol. The SMILES string of the molecule is CC1CCCN(C(=O)CSc2n[nH]c(=O)n2C2CC2)C1. The van der Waals surface area contributed by atoms with Crippen LogP contribution in [-0.4, -0.2) is 44.4 Å². The average Bonchev–Trinajstić information content (AvgIpc) is 3.20. The molecule has 1 atom stereocenters. The van der Waals surface area contributed by atoms with E-state index in [0.717, 1.165) is 32.4 Å². The topological polar surface area (TPSA) is 71.0 Å². The number of carbonyl (C=O) groups excluding carboxylic acids is 1. The lowest BCUT2D eigenvalue weighted by molar-refractivity contribution is -0.130. The van der Waals surface area contributed by atoms with E-state index in [-0.39, 0.29) is 17.6 Å². The molecule has 1 aromatic heterocycles. The van der Waals surface area contributed by atoms with Gasteiger partial charge >= 0.3 is 5.69 Å². The number of aromatic nitrogens is 3. The highest BCUT2D eigenvalue weighted by molar-refractivity contribution is 7.99. The third-order valence-corrected chi connectivity index (χ3v) is 4.86. The minimum Gasteiger partial charge on any atom is -0.342 e. The van der Waals surface area contributed by atoms with E-state index in [9.17, 15) is 9.59 Å². The summed E-state index contributed by atoms with van der Waals surface area (Å²) in [5.41, 5.74) is -0.158. The largest absolute Gasteiger partial charge is 0.344 e. The number of hydrogen-bond acceptors (Lipinski definition) is 4. The normalized spacial score (nSPS) is 23.1. The number of aromatic amines is 1. The summed E-state index contributed by atoms with van der Waals surface area (Å²) >= 11 is 1.37. The molecule has 1 aromatic rings. The van der Waals surface area contributed by atoms with Gasteiger partial charge in [0.25, 0.3) is 0 Å². The van der Waals surface area contributed by atoms with E-state index >= 15 is 0 Å². The molecule has 1 saturated heterocycles. The third kappa shape index (κ3) is 2.92. The Balaban J connectivity index is 1.59. The fraction of sp³-hybridized carbons (Fsp3) is 0.769. The van der Waals surface area contributed by atoms with Gasteiger partial charge in [-0.2, -0.15) is 0 Å². The Bertz CT molecular complexity index is 549. The van der Waals surface area contributed by atoms with Crippen molar-refractivity contribution in [3.05, 3.63) is 10.5 Å². The molecule has 1 amide bonds. The number of hydrogen-bond donors (Lipinski definition) is 1. The first-order valence-electron chi connectivity index (χ1n) is 7.22. The van der Waals surface area contributed by atoms with Gasteiger partial charge in [0, 0.05) is 19.1 Å². The molecule has 7 heteroatoms. The molecule has 0 bridgehead atoms. The summed E-state index contributed by atoms with van der Waals surface area (Å²) in [6.45, 7) is 3.90. The van der Waals surface area contributed by atoms with E-state index in [1.165, 1.54) is 18.2 Å². The van der Waals surface area contributed by atoms with Gasteiger partial charge in [-0.25, -0.2) is 9.89 Å². The highest BCUT2D eigenvalue weighted by atomic mass is 32.2. The van der Waals surface area contributed by atoms with Crippen LogP contribution in [0.3, 0.4) is 0 Å². The number of H-pyrrole nitrogens is 1. The number of thioether (sulfide) groups is 1. The van der Waals surface area contributed by atoms with Crippen molar-refractivity contribution in [2.75, 3.05) is 18.8 Å². The molecule has 6 nitrogen and oxygen atoms in total. The zero-order valence-electron chi connectivity index (χ0n) is 11.7. The van der Waals surface area contributed by atoms with Crippen LogP contribution < -0.4 is 5.69 Å². The molecule has 1 saturated carbocycles. The van der Waals surface area contributed by atoms with Gasteiger partial charge in [0.2, 0.25) is 5.91 Å². The highest BCUT2D eigenvalue weighted by Gasteiger charge is 2.29. The summed E-state index contributed by atoms with van der Waals surface area (Å²) in [4.78, 5) is 25.8. The molecule has 1 N–H and O–H groups in total. The highest BCUT2D eigenvalue weighted by Crippen LogP contribution is 2.36. The van der Waals surface area contributed by atoms with Gasteiger partial charge in [0.1, 0.15) is 0 Å². The Morgan fingerprint density at radius 1 is 1.45 bits per heavy atom. The number of likely N-dealkylation sites (tertiary alicyclic amines) is 1. The molecule has 1 aliphatic carbocycles. The van der Waals surface area contributed by atoms with Crippen molar-refractivity contribution in [3.63, 3.8) is 0 Å². The van der Waals surface area contributed by atoms with Crippen LogP contribution in [0, 0.1) is 5.92 Å². The average molecular weight is 296 g/mol. The molecule has 0 spiro atoms. The minimum atomic E-state index is -0.158. The standard InChI is InChI=1S/C13H20N4O2S/c1-9-3-2-6-16(7-9)11(18)8-20-13-15-14-12(19)17(13)10-4-5-10/h9-10H,2-8H2,1H3,(H,14,19). The second kappa shape index (κ2) is 5.63. The van der Waals surface area contributed by atoms with Crippen LogP contribution in [0.15, 0.2) is 9.95 Å². The zero-order valence-corrected chi connectivity index (χ0v) is 12.5. The fourth-order valence-electron chi connectivity index (χ4n) is 2.68. The van der Waals surface area contributed by atoms with Crippen molar-refractivity contribution in [1.82, 2.24) is 19.7 Å². The predicted molar refractivity (Wildman–Crippen MR) is 76.8 cm³/mol. The summed E-state index contributed by atoms with van der Waals surface area (Å²) in [7, 11) is 0. The summed E-state index contributed by atoms with van der Waals surface area (Å²) in [6, 6.07) is 0.286. The summed E-state index contributed by atoms with van der Waals surface area (Å²) in [5.74, 6) is 1.11. The van der Waals surface area contributed by atoms with E-state index in [1.54, 1.807) is 4.57 Å². The van der Waals surface area contributed by atoms with Crippen molar-refractivity contribution in [3.8, 4) is 0 Å². The lowest BCUT2D eigenvalue weighted by atomic mass is 10.0. The maximum Gasteiger partial charge on any atom is 0.344 e. The Labute approximate surface area is 121 Å². The van der Waals surface area contributed by atoms with Crippen molar-refractivity contribution in [2.24, 2.45) is 5.92 Å². The van der Waals surface area contributed by atoms with Crippen LogP contribution in [0.2, 0.25) is 0 Å². The van der Waals surface area contributed by atoms with E-state index in [0.29, 0.717) is 16.8 Å². The molecule has 110 valence electrons. The first-order chi connectivity index (χ1) is 9.65. The van der Waals surface area contributed by atoms with Crippen LogP contribution in [0.1, 0.15) is 38.6 Å². The third-order valence-electron chi connectivity index (χ3n) is 3.92. The van der Waals surface area contributed by atoms with E-state index in [1.807, 2.05) is 4.90 Å². The maximum absolute atomic E-state index is 12.2. The number of amides is 1. The number of nitrogens with one attached hydrogen (secondary N) is 1. The van der Waals surface area contributed by atoms with E-state index in [2.05, 4.69) is 17.1 Å². The Hall–Kier alpha value is -1.24. The van der Waals surface area contributed by atoms with Gasteiger partial charge in [-0.1, -0.05) is 18.7 Å². The zero-order chi connectivity index (χ0) is 14.1. The summed E-state index contributed by atoms with van der Waals surface area (Å²) in [6.07, 6.45) is 4.36. The van der Waals surface area contributed by atoms with Gasteiger partial charge in [0.15, 0.2) is 5.16 Å². The number of rotatable bonds is 4. The van der Waals surface area contributed by atoms with Crippen LogP contribution in [0.25, 0.3) is 0 Å². The Kier molecular flexibility index (Phi) is 3.87. The molecule has 1 unspecified atom stereocenters. The predicted octanol–water partition coefficient (Wildman–Crippen LogP) is 1.26. The minimum absolute atomic E-state index is 0.152. The van der Waals surface area contributed by atoms with Crippen molar-refractivity contribution >= 4 is 17.7 Å². The lowest BCUT2D eigenvalue weighted by Crippen LogP contribution is -2.40. The molecule has 3 rings (SSSR count). The molecule has 20 heavy (non-hydrogen) atoms. The first kappa shape index (κ1) is 13.7. The van der Waals surface area contributed by atoms with Crippen LogP contribution in [0.5, 0.6) is 0 Å². The number of piperidine rings is 1. The molecular formula is C13H20N4O2S. The van der Waals surface area contributed by atoms with Crippen molar-refractivity contribution in [1.29, 1.82) is 0 Å². The first-order valence-corrected chi connectivity index (χ1v) is 8.21. The Morgan fingerprint density at radius 2 is 2.25 bits per heavy atom. The van der Waals surface area contributed by atoms with Crippen molar-refractivity contribution in [2.45, 2.75) is 43.8 Å². The van der Waals surface area contributed by atoms with Gasteiger partial charge in [-0.05, 0) is 31.6 Å². The molecule has 1 aliphatic heterocycles. The van der Waals surface area contributed by atoms with Gasteiger partial charge < -0.3 is 4.90 Å². The smallest absolute Gasteiger partial charge is 0.342 e. The molecule has 0 radical (unpaired) electrons. The van der Waals surface area contributed by atoms with Crippen LogP contribution in [-0.2, 0) is 4.79 Å². The van der Waals surface area contributed by atoms with Gasteiger partial charge in [-0.3, -0.25) is 9.36 Å². The second-order valence-electron chi connectivity index (χ2n) is 5.79. The van der Waals surface area contributed by atoms with Crippen LogP contribution in [0.4, 0.5) is 0 Å². The molecule has 2 fully saturated rings. The van der Waals surface area contributed by atoms with Gasteiger partial charge in [-0.15, -0.1) is 5.10 Å². The second-order valence-corrected chi connectivity index (χ2v) is 6.73.